The number of hydrogen-bond acceptors (Lipinski definition) is 3. The molecule has 1 heterocycles. The lowest BCUT2D eigenvalue weighted by molar-refractivity contribution is 0.414. The van der Waals surface area contributed by atoms with E-state index in [1.807, 2.05) is 0 Å². The molecule has 0 saturated carbocycles. The maximum atomic E-state index is 8.99. The largest absolute Gasteiger partial charge is 0.497 e. The predicted molar refractivity (Wildman–Crippen MR) is 59.8 cm³/mol. The summed E-state index contributed by atoms with van der Waals surface area (Å²) in [5, 5.41) is 13.6. The highest BCUT2D eigenvalue weighted by Gasteiger charge is 2.07. The fourth-order valence-electron chi connectivity index (χ4n) is 1.36. The fourth-order valence-corrected chi connectivity index (χ4v) is 1.49. The van der Waals surface area contributed by atoms with E-state index in [1.165, 1.54) is 6.20 Å². The van der Waals surface area contributed by atoms with Gasteiger partial charge in [0.1, 0.15) is 11.8 Å². The van der Waals surface area contributed by atoms with E-state index in [9.17, 15) is 0 Å². The Hall–Kier alpha value is -1.99. The zero-order valence-electron chi connectivity index (χ0n) is 8.51. The van der Waals surface area contributed by atoms with Crippen LogP contribution >= 0.6 is 11.6 Å². The number of ether oxygens (including phenoxy) is 1. The molecular formula is C11H8ClN3O. The molecule has 2 rings (SSSR count). The van der Waals surface area contributed by atoms with Crippen molar-refractivity contribution < 1.29 is 4.74 Å². The Kier molecular flexibility index (Phi) is 2.80. The Bertz CT molecular complexity index is 557. The van der Waals surface area contributed by atoms with E-state index >= 15 is 0 Å². The Morgan fingerprint density at radius 3 is 2.88 bits per heavy atom. The van der Waals surface area contributed by atoms with E-state index in [2.05, 4.69) is 11.2 Å². The Morgan fingerprint density at radius 2 is 2.31 bits per heavy atom. The first kappa shape index (κ1) is 10.5. The summed E-state index contributed by atoms with van der Waals surface area (Å²) < 4.78 is 6.64. The molecule has 0 saturated heterocycles. The molecule has 2 aromatic rings. The highest BCUT2D eigenvalue weighted by molar-refractivity contribution is 6.30. The lowest BCUT2D eigenvalue weighted by atomic mass is 10.2. The Labute approximate surface area is 97.6 Å². The van der Waals surface area contributed by atoms with Gasteiger partial charge in [0.25, 0.3) is 0 Å². The molecule has 0 aliphatic carbocycles. The van der Waals surface area contributed by atoms with Gasteiger partial charge in [-0.1, -0.05) is 11.6 Å². The van der Waals surface area contributed by atoms with Crippen LogP contribution in [0.2, 0.25) is 5.02 Å². The molecule has 0 aliphatic rings. The van der Waals surface area contributed by atoms with Crippen molar-refractivity contribution in [3.63, 3.8) is 0 Å². The molecule has 0 radical (unpaired) electrons. The van der Waals surface area contributed by atoms with Crippen LogP contribution in [0.3, 0.4) is 0 Å². The van der Waals surface area contributed by atoms with Gasteiger partial charge < -0.3 is 4.74 Å². The molecule has 80 valence electrons. The van der Waals surface area contributed by atoms with Crippen LogP contribution in [-0.2, 0) is 0 Å². The molecule has 5 heteroatoms. The SMILES string of the molecule is COc1ccc(C#N)c(-n2cc(Cl)cn2)c1. The summed E-state index contributed by atoms with van der Waals surface area (Å²) in [6.45, 7) is 0. The lowest BCUT2D eigenvalue weighted by Gasteiger charge is -2.06. The van der Waals surface area contributed by atoms with E-state index in [-0.39, 0.29) is 0 Å². The molecule has 0 amide bonds. The summed E-state index contributed by atoms with van der Waals surface area (Å²) in [6, 6.07) is 7.25. The van der Waals surface area contributed by atoms with E-state index < -0.39 is 0 Å². The summed E-state index contributed by atoms with van der Waals surface area (Å²) in [6.07, 6.45) is 3.15. The van der Waals surface area contributed by atoms with Crippen molar-refractivity contribution in [2.24, 2.45) is 0 Å². The number of nitriles is 1. The molecule has 0 spiro atoms. The predicted octanol–water partition coefficient (Wildman–Crippen LogP) is 2.41. The molecule has 4 nitrogen and oxygen atoms in total. The van der Waals surface area contributed by atoms with Crippen molar-refractivity contribution in [1.82, 2.24) is 9.78 Å². The van der Waals surface area contributed by atoms with Crippen LogP contribution in [0.5, 0.6) is 5.75 Å². The quantitative estimate of drug-likeness (QED) is 0.800. The number of methoxy groups -OCH3 is 1. The van der Waals surface area contributed by atoms with Crippen LogP contribution in [0, 0.1) is 11.3 Å². The van der Waals surface area contributed by atoms with Crippen molar-refractivity contribution in [1.29, 1.82) is 5.26 Å². The van der Waals surface area contributed by atoms with Crippen LogP contribution in [0.15, 0.2) is 30.6 Å². The van der Waals surface area contributed by atoms with Crippen LogP contribution in [0.1, 0.15) is 5.56 Å². The minimum absolute atomic E-state index is 0.514. The van der Waals surface area contributed by atoms with Crippen molar-refractivity contribution in [3.8, 4) is 17.5 Å². The third kappa shape index (κ3) is 1.86. The molecule has 0 fully saturated rings. The second-order valence-electron chi connectivity index (χ2n) is 3.10. The maximum Gasteiger partial charge on any atom is 0.121 e. The standard InChI is InChI=1S/C11H8ClN3O/c1-16-10-3-2-8(5-13)11(4-10)15-7-9(12)6-14-15/h2-4,6-7H,1H3. The maximum absolute atomic E-state index is 8.99. The van der Waals surface area contributed by atoms with Gasteiger partial charge in [0.15, 0.2) is 0 Å². The zero-order chi connectivity index (χ0) is 11.5. The molecule has 0 aliphatic heterocycles. The van der Waals surface area contributed by atoms with Gasteiger partial charge in [0, 0.05) is 12.3 Å². The van der Waals surface area contributed by atoms with Crippen LogP contribution in [0.4, 0.5) is 0 Å². The Morgan fingerprint density at radius 1 is 1.50 bits per heavy atom. The minimum Gasteiger partial charge on any atom is -0.497 e. The van der Waals surface area contributed by atoms with E-state index in [0.717, 1.165) is 0 Å². The van der Waals surface area contributed by atoms with Crippen LogP contribution in [-0.4, -0.2) is 16.9 Å². The monoisotopic (exact) mass is 233 g/mol. The van der Waals surface area contributed by atoms with Gasteiger partial charge in [-0.2, -0.15) is 10.4 Å². The van der Waals surface area contributed by atoms with E-state index in [4.69, 9.17) is 21.6 Å². The number of benzene rings is 1. The van der Waals surface area contributed by atoms with E-state index in [0.29, 0.717) is 22.0 Å². The molecular weight excluding hydrogens is 226 g/mol. The molecule has 1 aromatic heterocycles. The summed E-state index contributed by atoms with van der Waals surface area (Å²) in [4.78, 5) is 0. The van der Waals surface area contributed by atoms with Gasteiger partial charge in [-0.15, -0.1) is 0 Å². The first-order valence-electron chi connectivity index (χ1n) is 4.53. The molecule has 0 N–H and O–H groups in total. The second-order valence-corrected chi connectivity index (χ2v) is 3.53. The third-order valence-corrected chi connectivity index (χ3v) is 2.32. The summed E-state index contributed by atoms with van der Waals surface area (Å²) >= 11 is 5.78. The van der Waals surface area contributed by atoms with Gasteiger partial charge in [-0.05, 0) is 12.1 Å². The van der Waals surface area contributed by atoms with Crippen molar-refractivity contribution >= 4 is 11.6 Å². The normalized spacial score (nSPS) is 9.81. The highest BCUT2D eigenvalue weighted by atomic mass is 35.5. The van der Waals surface area contributed by atoms with Gasteiger partial charge in [-0.3, -0.25) is 0 Å². The summed E-state index contributed by atoms with van der Waals surface area (Å²) in [5.74, 6) is 0.667. The number of nitrogens with zero attached hydrogens (tertiary/aromatic N) is 3. The summed E-state index contributed by atoms with van der Waals surface area (Å²) in [5.41, 5.74) is 1.16. The van der Waals surface area contributed by atoms with Gasteiger partial charge in [-0.25, -0.2) is 4.68 Å². The smallest absolute Gasteiger partial charge is 0.121 e. The van der Waals surface area contributed by atoms with Crippen molar-refractivity contribution in [2.45, 2.75) is 0 Å². The molecule has 0 atom stereocenters. The van der Waals surface area contributed by atoms with Crippen LogP contribution < -0.4 is 4.74 Å². The zero-order valence-corrected chi connectivity index (χ0v) is 9.27. The molecule has 0 bridgehead atoms. The highest BCUT2D eigenvalue weighted by Crippen LogP contribution is 2.21. The molecule has 16 heavy (non-hydrogen) atoms. The number of hydrogen-bond donors (Lipinski definition) is 0. The van der Waals surface area contributed by atoms with Crippen molar-refractivity contribution in [2.75, 3.05) is 7.11 Å². The third-order valence-electron chi connectivity index (χ3n) is 2.12. The number of rotatable bonds is 2. The van der Waals surface area contributed by atoms with Crippen molar-refractivity contribution in [3.05, 3.63) is 41.2 Å². The van der Waals surface area contributed by atoms with Gasteiger partial charge >= 0.3 is 0 Å². The molecule has 0 unspecified atom stereocenters. The fraction of sp³-hybridized carbons (Fsp3) is 0.0909. The second kappa shape index (κ2) is 4.25. The lowest BCUT2D eigenvalue weighted by Crippen LogP contribution is -1.98. The first-order valence-corrected chi connectivity index (χ1v) is 4.91. The van der Waals surface area contributed by atoms with E-state index in [1.54, 1.807) is 36.2 Å². The summed E-state index contributed by atoms with van der Waals surface area (Å²) in [7, 11) is 1.57. The number of aromatic nitrogens is 2. The average Bonchev–Trinajstić information content (AvgIpc) is 2.75. The van der Waals surface area contributed by atoms with Gasteiger partial charge in [0.2, 0.25) is 0 Å². The topological polar surface area (TPSA) is 50.8 Å². The average molecular weight is 234 g/mol. The van der Waals surface area contributed by atoms with Gasteiger partial charge in [0.05, 0.1) is 29.6 Å². The molecule has 1 aromatic carbocycles. The Balaban J connectivity index is 2.58. The minimum atomic E-state index is 0.514. The van der Waals surface area contributed by atoms with Crippen LogP contribution in [0.25, 0.3) is 5.69 Å². The first-order chi connectivity index (χ1) is 7.74. The number of halogens is 1.